The number of nitrogens with zero attached hydrogens (tertiary/aromatic N) is 2. The summed E-state index contributed by atoms with van der Waals surface area (Å²) in [5.41, 5.74) is -0.151. The van der Waals surface area contributed by atoms with Crippen LogP contribution in [0.3, 0.4) is 0 Å². The van der Waals surface area contributed by atoms with E-state index in [0.717, 1.165) is 25.7 Å². The smallest absolute Gasteiger partial charge is 0.0623 e. The van der Waals surface area contributed by atoms with Crippen LogP contribution in [0.5, 0.6) is 0 Å². The summed E-state index contributed by atoms with van der Waals surface area (Å²) < 4.78 is 0. The molecule has 1 atom stereocenters. The predicted molar refractivity (Wildman–Crippen MR) is 65.6 cm³/mol. The minimum Gasteiger partial charge on any atom is -0.394 e. The highest BCUT2D eigenvalue weighted by atomic mass is 16.3. The number of aliphatic hydroxyl groups excluding tert-OH is 1. The molecule has 1 saturated heterocycles. The third kappa shape index (κ3) is 2.94. The molecule has 1 aliphatic carbocycles. The van der Waals surface area contributed by atoms with Gasteiger partial charge in [0.15, 0.2) is 0 Å². The van der Waals surface area contributed by atoms with E-state index in [0.29, 0.717) is 0 Å². The van der Waals surface area contributed by atoms with Gasteiger partial charge in [-0.05, 0) is 26.8 Å². The molecule has 4 nitrogen and oxygen atoms in total. The SMILES string of the molecule is CNC(C)(CO)CN1CCN(C2CC2)CC1. The maximum Gasteiger partial charge on any atom is 0.0623 e. The molecular formula is C12H25N3O. The lowest BCUT2D eigenvalue weighted by molar-refractivity contribution is 0.0790. The first kappa shape index (κ1) is 12.3. The maximum absolute atomic E-state index is 9.37. The number of hydrogen-bond donors (Lipinski definition) is 2. The van der Waals surface area contributed by atoms with Crippen LogP contribution >= 0.6 is 0 Å². The van der Waals surface area contributed by atoms with E-state index in [9.17, 15) is 5.11 Å². The fraction of sp³-hybridized carbons (Fsp3) is 1.00. The number of hydrogen-bond acceptors (Lipinski definition) is 4. The lowest BCUT2D eigenvalue weighted by Gasteiger charge is -2.39. The van der Waals surface area contributed by atoms with Crippen molar-refractivity contribution in [3.05, 3.63) is 0 Å². The Hall–Kier alpha value is -0.160. The molecule has 0 bridgehead atoms. The first-order chi connectivity index (χ1) is 7.67. The Balaban J connectivity index is 1.75. The molecular weight excluding hydrogens is 202 g/mol. The van der Waals surface area contributed by atoms with E-state index in [2.05, 4.69) is 22.0 Å². The zero-order chi connectivity index (χ0) is 11.6. The molecule has 2 aliphatic rings. The fourth-order valence-corrected chi connectivity index (χ4v) is 2.43. The van der Waals surface area contributed by atoms with E-state index in [1.165, 1.54) is 25.9 Å². The lowest BCUT2D eigenvalue weighted by atomic mass is 10.0. The van der Waals surface area contributed by atoms with Crippen molar-refractivity contribution in [1.29, 1.82) is 0 Å². The topological polar surface area (TPSA) is 38.7 Å². The van der Waals surface area contributed by atoms with E-state index in [4.69, 9.17) is 0 Å². The number of rotatable bonds is 5. The van der Waals surface area contributed by atoms with Crippen LogP contribution in [0.15, 0.2) is 0 Å². The number of likely N-dealkylation sites (N-methyl/N-ethyl adjacent to an activating group) is 1. The van der Waals surface area contributed by atoms with Gasteiger partial charge in [0.1, 0.15) is 0 Å². The van der Waals surface area contributed by atoms with E-state index in [-0.39, 0.29) is 12.1 Å². The quantitative estimate of drug-likeness (QED) is 0.678. The average molecular weight is 227 g/mol. The van der Waals surface area contributed by atoms with Crippen LogP contribution in [0, 0.1) is 0 Å². The standard InChI is InChI=1S/C12H25N3O/c1-12(10-16,13-2)9-14-5-7-15(8-6-14)11-3-4-11/h11,13,16H,3-10H2,1-2H3. The summed E-state index contributed by atoms with van der Waals surface area (Å²) >= 11 is 0. The molecule has 0 spiro atoms. The summed E-state index contributed by atoms with van der Waals surface area (Å²) in [7, 11) is 1.93. The zero-order valence-corrected chi connectivity index (χ0v) is 10.6. The van der Waals surface area contributed by atoms with E-state index < -0.39 is 0 Å². The van der Waals surface area contributed by atoms with Gasteiger partial charge >= 0.3 is 0 Å². The van der Waals surface area contributed by atoms with Gasteiger partial charge in [-0.3, -0.25) is 9.80 Å². The molecule has 0 radical (unpaired) electrons. The van der Waals surface area contributed by atoms with E-state index in [1.807, 2.05) is 7.05 Å². The normalized spacial score (nSPS) is 27.9. The molecule has 0 aromatic heterocycles. The summed E-state index contributed by atoms with van der Waals surface area (Å²) in [4.78, 5) is 5.08. The van der Waals surface area contributed by atoms with Gasteiger partial charge in [-0.2, -0.15) is 0 Å². The Morgan fingerprint density at radius 2 is 1.88 bits per heavy atom. The third-order valence-electron chi connectivity index (χ3n) is 4.00. The van der Waals surface area contributed by atoms with Gasteiger partial charge in [0.2, 0.25) is 0 Å². The van der Waals surface area contributed by atoms with Crippen molar-refractivity contribution < 1.29 is 5.11 Å². The molecule has 2 fully saturated rings. The van der Waals surface area contributed by atoms with Crippen molar-refractivity contribution in [2.45, 2.75) is 31.3 Å². The van der Waals surface area contributed by atoms with Gasteiger partial charge in [0.05, 0.1) is 12.1 Å². The second-order valence-corrected chi connectivity index (χ2v) is 5.51. The first-order valence-corrected chi connectivity index (χ1v) is 6.43. The van der Waals surface area contributed by atoms with Crippen LogP contribution in [0.1, 0.15) is 19.8 Å². The number of aliphatic hydroxyl groups is 1. The molecule has 0 amide bonds. The monoisotopic (exact) mass is 227 g/mol. The van der Waals surface area contributed by atoms with Crippen LogP contribution in [0.25, 0.3) is 0 Å². The Bertz CT molecular complexity index is 218. The lowest BCUT2D eigenvalue weighted by Crippen LogP contribution is -2.57. The van der Waals surface area contributed by atoms with Crippen molar-refractivity contribution in [2.75, 3.05) is 46.4 Å². The number of piperazine rings is 1. The Morgan fingerprint density at radius 3 is 2.31 bits per heavy atom. The summed E-state index contributed by atoms with van der Waals surface area (Å²) in [6.07, 6.45) is 2.82. The van der Waals surface area contributed by atoms with Gasteiger partial charge in [0, 0.05) is 38.8 Å². The first-order valence-electron chi connectivity index (χ1n) is 6.43. The van der Waals surface area contributed by atoms with Crippen molar-refractivity contribution in [3.8, 4) is 0 Å². The molecule has 4 heteroatoms. The van der Waals surface area contributed by atoms with Crippen molar-refractivity contribution in [2.24, 2.45) is 0 Å². The average Bonchev–Trinajstić information content (AvgIpc) is 3.14. The van der Waals surface area contributed by atoms with Crippen LogP contribution in [0.2, 0.25) is 0 Å². The van der Waals surface area contributed by atoms with Crippen LogP contribution in [0.4, 0.5) is 0 Å². The molecule has 94 valence electrons. The summed E-state index contributed by atoms with van der Waals surface area (Å²) in [5, 5.41) is 12.6. The summed E-state index contributed by atoms with van der Waals surface area (Å²) in [6, 6.07) is 0.899. The molecule has 2 rings (SSSR count). The maximum atomic E-state index is 9.37. The molecule has 2 N–H and O–H groups in total. The van der Waals surface area contributed by atoms with Crippen LogP contribution < -0.4 is 5.32 Å². The fourth-order valence-electron chi connectivity index (χ4n) is 2.43. The minimum atomic E-state index is -0.151. The van der Waals surface area contributed by atoms with Crippen molar-refractivity contribution in [1.82, 2.24) is 15.1 Å². The second kappa shape index (κ2) is 5.00. The Labute approximate surface area is 98.6 Å². The van der Waals surface area contributed by atoms with Crippen LogP contribution in [-0.2, 0) is 0 Å². The van der Waals surface area contributed by atoms with Gasteiger partial charge in [-0.1, -0.05) is 0 Å². The Morgan fingerprint density at radius 1 is 1.25 bits per heavy atom. The highest BCUT2D eigenvalue weighted by Gasteiger charge is 2.32. The van der Waals surface area contributed by atoms with Gasteiger partial charge in [-0.15, -0.1) is 0 Å². The number of nitrogens with one attached hydrogen (secondary N) is 1. The molecule has 0 aromatic rings. The molecule has 16 heavy (non-hydrogen) atoms. The van der Waals surface area contributed by atoms with Crippen LogP contribution in [-0.4, -0.2) is 72.9 Å². The van der Waals surface area contributed by atoms with E-state index in [1.54, 1.807) is 0 Å². The summed E-state index contributed by atoms with van der Waals surface area (Å²) in [5.74, 6) is 0. The molecule has 1 unspecified atom stereocenters. The van der Waals surface area contributed by atoms with Crippen molar-refractivity contribution >= 4 is 0 Å². The molecule has 1 saturated carbocycles. The minimum absolute atomic E-state index is 0.151. The Kier molecular flexibility index (Phi) is 3.85. The van der Waals surface area contributed by atoms with Gasteiger partial charge < -0.3 is 10.4 Å². The zero-order valence-electron chi connectivity index (χ0n) is 10.6. The van der Waals surface area contributed by atoms with Crippen molar-refractivity contribution in [3.63, 3.8) is 0 Å². The summed E-state index contributed by atoms with van der Waals surface area (Å²) in [6.45, 7) is 7.93. The molecule has 1 aliphatic heterocycles. The highest BCUT2D eigenvalue weighted by molar-refractivity contribution is 4.90. The van der Waals surface area contributed by atoms with Gasteiger partial charge in [0.25, 0.3) is 0 Å². The molecule has 1 heterocycles. The largest absolute Gasteiger partial charge is 0.394 e. The van der Waals surface area contributed by atoms with E-state index >= 15 is 0 Å². The predicted octanol–water partition coefficient (Wildman–Crippen LogP) is -0.263. The molecule has 0 aromatic carbocycles. The second-order valence-electron chi connectivity index (χ2n) is 5.51. The third-order valence-corrected chi connectivity index (χ3v) is 4.00. The van der Waals surface area contributed by atoms with Gasteiger partial charge in [-0.25, -0.2) is 0 Å². The highest BCUT2D eigenvalue weighted by Crippen LogP contribution is 2.27.